The predicted molar refractivity (Wildman–Crippen MR) is 138 cm³/mol. The summed E-state index contributed by atoms with van der Waals surface area (Å²) in [5.74, 6) is 0. The highest BCUT2D eigenvalue weighted by molar-refractivity contribution is 5.22. The van der Waals surface area contributed by atoms with Crippen LogP contribution < -0.4 is 5.32 Å². The number of aliphatic hydroxyl groups is 13. The average molecular weight is 646 g/mol. The summed E-state index contributed by atoms with van der Waals surface area (Å²) < 4.78 is 27.5. The van der Waals surface area contributed by atoms with Crippen LogP contribution >= 0.6 is 0 Å². The van der Waals surface area contributed by atoms with Gasteiger partial charge in [0.1, 0.15) is 79.4 Å². The van der Waals surface area contributed by atoms with Crippen LogP contribution in [0.4, 0.5) is 0 Å². The van der Waals surface area contributed by atoms with Crippen LogP contribution in [0.15, 0.2) is 11.6 Å². The molecule has 256 valence electrons. The van der Waals surface area contributed by atoms with Crippen molar-refractivity contribution in [1.82, 2.24) is 5.32 Å². The van der Waals surface area contributed by atoms with Crippen LogP contribution in [0.1, 0.15) is 6.92 Å². The van der Waals surface area contributed by atoms with Gasteiger partial charge >= 0.3 is 0 Å². The van der Waals surface area contributed by atoms with Gasteiger partial charge in [0.15, 0.2) is 18.9 Å². The molecule has 0 spiro atoms. The fourth-order valence-electron chi connectivity index (χ4n) is 5.74. The lowest BCUT2D eigenvalue weighted by Gasteiger charge is -2.48. The topological polar surface area (TPSA) is 321 Å². The third-order valence-corrected chi connectivity index (χ3v) is 8.46. The molecule has 0 aromatic carbocycles. The van der Waals surface area contributed by atoms with Crippen molar-refractivity contribution in [2.24, 2.45) is 0 Å². The lowest BCUT2D eigenvalue weighted by molar-refractivity contribution is -0.389. The van der Waals surface area contributed by atoms with Gasteiger partial charge in [-0.25, -0.2) is 0 Å². The Balaban J connectivity index is 1.41. The molecule has 44 heavy (non-hydrogen) atoms. The zero-order valence-electron chi connectivity index (χ0n) is 23.5. The highest BCUT2D eigenvalue weighted by Crippen LogP contribution is 2.32. The number of hydrogen-bond donors (Lipinski definition) is 14. The molecule has 3 fully saturated rings. The fraction of sp³-hybridized carbons (Fsp3) is 0.920. The van der Waals surface area contributed by atoms with E-state index in [1.165, 1.54) is 13.0 Å². The number of hydrogen-bond acceptors (Lipinski definition) is 19. The quantitative estimate of drug-likeness (QED) is 0.103. The van der Waals surface area contributed by atoms with E-state index < -0.39 is 136 Å². The lowest BCUT2D eigenvalue weighted by Crippen LogP contribution is -2.68. The summed E-state index contributed by atoms with van der Waals surface area (Å²) in [5.41, 5.74) is 0.0228. The van der Waals surface area contributed by atoms with Crippen molar-refractivity contribution < 1.29 is 90.1 Å². The van der Waals surface area contributed by atoms with E-state index in [2.05, 4.69) is 5.32 Å². The molecule has 0 unspecified atom stereocenters. The van der Waals surface area contributed by atoms with Gasteiger partial charge < -0.3 is 95.4 Å². The molecule has 19 nitrogen and oxygen atoms in total. The van der Waals surface area contributed by atoms with E-state index in [1.54, 1.807) is 0 Å². The molecule has 3 aliphatic heterocycles. The van der Waals surface area contributed by atoms with Crippen molar-refractivity contribution in [2.75, 3.05) is 19.8 Å². The Morgan fingerprint density at radius 1 is 0.614 bits per heavy atom. The highest BCUT2D eigenvalue weighted by atomic mass is 16.8. The first-order chi connectivity index (χ1) is 20.7. The maximum absolute atomic E-state index is 10.9. The molecule has 0 aromatic heterocycles. The number of rotatable bonds is 9. The van der Waals surface area contributed by atoms with Gasteiger partial charge in [-0.1, -0.05) is 6.08 Å². The molecular formula is C25H43NO18. The van der Waals surface area contributed by atoms with Crippen molar-refractivity contribution in [2.45, 2.75) is 123 Å². The molecule has 4 aliphatic rings. The Bertz CT molecular complexity index is 958. The Hall–Kier alpha value is -1.02. The van der Waals surface area contributed by atoms with E-state index in [1.807, 2.05) is 0 Å². The number of ether oxygens (including phenoxy) is 5. The second-order valence-corrected chi connectivity index (χ2v) is 11.4. The Labute approximate surface area is 250 Å². The Morgan fingerprint density at radius 2 is 1.16 bits per heavy atom. The van der Waals surface area contributed by atoms with E-state index in [0.717, 1.165) is 0 Å². The van der Waals surface area contributed by atoms with Crippen LogP contribution in [0.2, 0.25) is 0 Å². The van der Waals surface area contributed by atoms with Crippen molar-refractivity contribution in [1.29, 1.82) is 0 Å². The van der Waals surface area contributed by atoms with E-state index >= 15 is 0 Å². The predicted octanol–water partition coefficient (Wildman–Crippen LogP) is -8.56. The third-order valence-electron chi connectivity index (χ3n) is 8.46. The first kappa shape index (κ1) is 35.8. The zero-order valence-corrected chi connectivity index (χ0v) is 23.5. The summed E-state index contributed by atoms with van der Waals surface area (Å²) >= 11 is 0. The molecule has 0 radical (unpaired) electrons. The standard InChI is InChI=1S/C25H43NO18/c1-6-11(26-8-2-7(3-27)12(30)16(34)13(8)31)15(33)19(37)23(40-6)43-22-10(5-29)42-25(21(39)18(22)36)44-24-20(38)17(35)14(32)9(4-28)41-24/h2,6,8-39H,3-5H2,1H3/t6-,8+,9-,10-,11-,12-,13+,14-,15+,16+,17+,18-,19-,20-,21-,22-,23-,24-,25-/m1/s1. The van der Waals surface area contributed by atoms with E-state index in [4.69, 9.17) is 23.7 Å². The summed E-state index contributed by atoms with van der Waals surface area (Å²) in [6, 6.07) is -2.17. The van der Waals surface area contributed by atoms with Crippen LogP contribution in [-0.2, 0) is 23.7 Å². The first-order valence-electron chi connectivity index (χ1n) is 14.1. The number of aliphatic hydroxyl groups excluding tert-OH is 13. The van der Waals surface area contributed by atoms with Crippen molar-refractivity contribution in [3.63, 3.8) is 0 Å². The minimum Gasteiger partial charge on any atom is -0.394 e. The minimum atomic E-state index is -1.94. The van der Waals surface area contributed by atoms with E-state index in [-0.39, 0.29) is 5.57 Å². The summed E-state index contributed by atoms with van der Waals surface area (Å²) in [6.07, 6.45) is -26.6. The Kier molecular flexibility index (Phi) is 12.1. The summed E-state index contributed by atoms with van der Waals surface area (Å²) in [7, 11) is 0. The van der Waals surface area contributed by atoms with Gasteiger partial charge in [0.2, 0.25) is 0 Å². The van der Waals surface area contributed by atoms with Gasteiger partial charge in [0, 0.05) is 0 Å². The SMILES string of the molecule is C[C@H]1O[C@H](O[C@H]2[C@H](O)[C@@H](O)[C@@H](O[C@H]3O[C@H](CO)[C@@H](O)[C@H](O)[C@H]3O)O[C@@H]2CO)[C@H](O)[C@@H](O)[C@@H]1N[C@H]1C=C(CO)[C@@H](O)[C@H](O)[C@H]1O. The first-order valence-corrected chi connectivity index (χ1v) is 14.1. The fourth-order valence-corrected chi connectivity index (χ4v) is 5.74. The van der Waals surface area contributed by atoms with Crippen LogP contribution in [-0.4, -0.2) is 203 Å². The molecule has 19 atom stereocenters. The van der Waals surface area contributed by atoms with Crippen molar-refractivity contribution in [3.8, 4) is 0 Å². The van der Waals surface area contributed by atoms with Crippen LogP contribution in [0.25, 0.3) is 0 Å². The van der Waals surface area contributed by atoms with E-state index in [0.29, 0.717) is 0 Å². The molecule has 1 aliphatic carbocycles. The van der Waals surface area contributed by atoms with Gasteiger partial charge in [-0.2, -0.15) is 0 Å². The number of nitrogens with one attached hydrogen (secondary N) is 1. The summed E-state index contributed by atoms with van der Waals surface area (Å²) in [4.78, 5) is 0. The zero-order chi connectivity index (χ0) is 32.6. The second-order valence-electron chi connectivity index (χ2n) is 11.4. The van der Waals surface area contributed by atoms with Gasteiger partial charge in [0.05, 0.1) is 38.0 Å². The van der Waals surface area contributed by atoms with Gasteiger partial charge in [0.25, 0.3) is 0 Å². The minimum absolute atomic E-state index is 0.0228. The molecule has 0 bridgehead atoms. The molecule has 19 heteroatoms. The normalized spacial score (nSPS) is 52.0. The van der Waals surface area contributed by atoms with Crippen LogP contribution in [0, 0.1) is 0 Å². The smallest absolute Gasteiger partial charge is 0.189 e. The molecule has 3 heterocycles. The van der Waals surface area contributed by atoms with Crippen LogP contribution in [0.3, 0.4) is 0 Å². The molecule has 0 aromatic rings. The van der Waals surface area contributed by atoms with Crippen molar-refractivity contribution in [3.05, 3.63) is 11.6 Å². The second kappa shape index (κ2) is 14.8. The highest BCUT2D eigenvalue weighted by Gasteiger charge is 2.53. The van der Waals surface area contributed by atoms with Gasteiger partial charge in [-0.05, 0) is 12.5 Å². The van der Waals surface area contributed by atoms with Crippen molar-refractivity contribution >= 4 is 0 Å². The lowest BCUT2D eigenvalue weighted by atomic mass is 9.86. The maximum atomic E-state index is 10.9. The maximum Gasteiger partial charge on any atom is 0.189 e. The van der Waals surface area contributed by atoms with E-state index in [9.17, 15) is 66.4 Å². The average Bonchev–Trinajstić information content (AvgIpc) is 3.01. The Morgan fingerprint density at radius 3 is 1.75 bits per heavy atom. The molecule has 0 amide bonds. The summed E-state index contributed by atoms with van der Waals surface area (Å²) in [6.45, 7) is -0.731. The molecule has 0 saturated carbocycles. The van der Waals surface area contributed by atoms with Gasteiger partial charge in [-0.15, -0.1) is 0 Å². The summed E-state index contributed by atoms with van der Waals surface area (Å²) in [5, 5.41) is 136. The molecule has 14 N–H and O–H groups in total. The van der Waals surface area contributed by atoms with Gasteiger partial charge in [-0.3, -0.25) is 0 Å². The largest absolute Gasteiger partial charge is 0.394 e. The molecular weight excluding hydrogens is 602 g/mol. The molecule has 3 saturated heterocycles. The third kappa shape index (κ3) is 6.96. The molecule has 4 rings (SSSR count). The van der Waals surface area contributed by atoms with Crippen LogP contribution in [0.5, 0.6) is 0 Å². The monoisotopic (exact) mass is 645 g/mol.